The van der Waals surface area contributed by atoms with Crippen LogP contribution >= 0.6 is 0 Å². The standard InChI is InChI=1S/C15H34N2O/c1-6-17(12-9-10-16-14(2)3)11-7-8-13-18-15(4)5/h14-16H,6-13H2,1-5H3. The molecule has 0 spiro atoms. The van der Waals surface area contributed by atoms with E-state index in [2.05, 4.69) is 44.8 Å². The SMILES string of the molecule is CCN(CCCCOC(C)C)CCCNC(C)C. The minimum atomic E-state index is 0.370. The van der Waals surface area contributed by atoms with Gasteiger partial charge >= 0.3 is 0 Å². The fourth-order valence-corrected chi connectivity index (χ4v) is 1.88. The first-order valence-corrected chi connectivity index (χ1v) is 7.63. The van der Waals surface area contributed by atoms with Crippen LogP contribution < -0.4 is 5.32 Å². The van der Waals surface area contributed by atoms with Crippen molar-refractivity contribution in [3.63, 3.8) is 0 Å². The monoisotopic (exact) mass is 258 g/mol. The Morgan fingerprint density at radius 2 is 1.67 bits per heavy atom. The third kappa shape index (κ3) is 12.3. The molecule has 3 heteroatoms. The van der Waals surface area contributed by atoms with Crippen LogP contribution in [0.1, 0.15) is 53.9 Å². The summed E-state index contributed by atoms with van der Waals surface area (Å²) in [5.41, 5.74) is 0. The molecule has 0 aliphatic rings. The molecule has 3 nitrogen and oxygen atoms in total. The molecule has 0 radical (unpaired) electrons. The maximum Gasteiger partial charge on any atom is 0.0518 e. The number of nitrogens with zero attached hydrogens (tertiary/aromatic N) is 1. The van der Waals surface area contributed by atoms with E-state index in [1.165, 1.54) is 32.4 Å². The summed E-state index contributed by atoms with van der Waals surface area (Å²) >= 11 is 0. The molecule has 0 aliphatic carbocycles. The Kier molecular flexibility index (Phi) is 11.9. The molecule has 0 atom stereocenters. The molecule has 0 saturated heterocycles. The van der Waals surface area contributed by atoms with E-state index >= 15 is 0 Å². The Morgan fingerprint density at radius 3 is 2.22 bits per heavy atom. The Balaban J connectivity index is 3.40. The van der Waals surface area contributed by atoms with E-state index in [0.29, 0.717) is 12.1 Å². The summed E-state index contributed by atoms with van der Waals surface area (Å²) in [4.78, 5) is 2.54. The van der Waals surface area contributed by atoms with Gasteiger partial charge in [0.2, 0.25) is 0 Å². The normalized spacial score (nSPS) is 12.0. The summed E-state index contributed by atoms with van der Waals surface area (Å²) in [7, 11) is 0. The van der Waals surface area contributed by atoms with Crippen LogP contribution in [0.3, 0.4) is 0 Å². The fraction of sp³-hybridized carbons (Fsp3) is 1.00. The van der Waals surface area contributed by atoms with Gasteiger partial charge in [-0.05, 0) is 59.3 Å². The van der Waals surface area contributed by atoms with Crippen LogP contribution in [-0.4, -0.2) is 49.8 Å². The van der Waals surface area contributed by atoms with Crippen molar-refractivity contribution < 1.29 is 4.74 Å². The van der Waals surface area contributed by atoms with Gasteiger partial charge in [0.25, 0.3) is 0 Å². The zero-order valence-electron chi connectivity index (χ0n) is 13.2. The van der Waals surface area contributed by atoms with Crippen molar-refractivity contribution in [1.82, 2.24) is 10.2 Å². The molecule has 0 aromatic rings. The largest absolute Gasteiger partial charge is 0.379 e. The molecule has 18 heavy (non-hydrogen) atoms. The van der Waals surface area contributed by atoms with Crippen LogP contribution in [0.4, 0.5) is 0 Å². The molecule has 0 heterocycles. The van der Waals surface area contributed by atoms with E-state index < -0.39 is 0 Å². The van der Waals surface area contributed by atoms with Crippen LogP contribution in [0.25, 0.3) is 0 Å². The first-order chi connectivity index (χ1) is 8.56. The van der Waals surface area contributed by atoms with Gasteiger partial charge in [0.15, 0.2) is 0 Å². The highest BCUT2D eigenvalue weighted by atomic mass is 16.5. The zero-order valence-corrected chi connectivity index (χ0v) is 13.2. The van der Waals surface area contributed by atoms with E-state index in [0.717, 1.165) is 19.7 Å². The maximum absolute atomic E-state index is 5.55. The number of nitrogens with one attached hydrogen (secondary N) is 1. The molecular formula is C15H34N2O. The Hall–Kier alpha value is -0.120. The highest BCUT2D eigenvalue weighted by Gasteiger charge is 2.02. The lowest BCUT2D eigenvalue weighted by molar-refractivity contribution is 0.0742. The smallest absolute Gasteiger partial charge is 0.0518 e. The van der Waals surface area contributed by atoms with Gasteiger partial charge in [-0.25, -0.2) is 0 Å². The molecule has 0 unspecified atom stereocenters. The molecule has 0 fully saturated rings. The second kappa shape index (κ2) is 11.9. The van der Waals surface area contributed by atoms with Gasteiger partial charge < -0.3 is 15.0 Å². The van der Waals surface area contributed by atoms with E-state index in [1.54, 1.807) is 0 Å². The van der Waals surface area contributed by atoms with E-state index in [9.17, 15) is 0 Å². The lowest BCUT2D eigenvalue weighted by Gasteiger charge is -2.20. The maximum atomic E-state index is 5.55. The average molecular weight is 258 g/mol. The number of rotatable bonds is 12. The molecular weight excluding hydrogens is 224 g/mol. The first-order valence-electron chi connectivity index (χ1n) is 7.63. The lowest BCUT2D eigenvalue weighted by atomic mass is 10.2. The van der Waals surface area contributed by atoms with E-state index in [4.69, 9.17) is 4.74 Å². The lowest BCUT2D eigenvalue weighted by Crippen LogP contribution is -2.30. The topological polar surface area (TPSA) is 24.5 Å². The molecule has 0 amide bonds. The van der Waals surface area contributed by atoms with E-state index in [-0.39, 0.29) is 0 Å². The van der Waals surface area contributed by atoms with E-state index in [1.807, 2.05) is 0 Å². The first kappa shape index (κ1) is 17.9. The van der Waals surface area contributed by atoms with Gasteiger partial charge in [-0.1, -0.05) is 20.8 Å². The molecule has 1 N–H and O–H groups in total. The second-order valence-corrected chi connectivity index (χ2v) is 5.52. The van der Waals surface area contributed by atoms with Gasteiger partial charge in [-0.3, -0.25) is 0 Å². The zero-order chi connectivity index (χ0) is 13.8. The Morgan fingerprint density at radius 1 is 1.00 bits per heavy atom. The van der Waals surface area contributed by atoms with Crippen molar-refractivity contribution in [3.8, 4) is 0 Å². The predicted octanol–water partition coefficient (Wildman–Crippen LogP) is 2.90. The van der Waals surface area contributed by atoms with Crippen molar-refractivity contribution in [2.75, 3.05) is 32.8 Å². The van der Waals surface area contributed by atoms with Gasteiger partial charge in [0, 0.05) is 12.6 Å². The molecule has 110 valence electrons. The van der Waals surface area contributed by atoms with Crippen molar-refractivity contribution in [2.24, 2.45) is 0 Å². The Bertz CT molecular complexity index is 172. The van der Waals surface area contributed by atoms with Crippen LogP contribution in [0, 0.1) is 0 Å². The minimum absolute atomic E-state index is 0.370. The number of ether oxygens (including phenoxy) is 1. The highest BCUT2D eigenvalue weighted by Crippen LogP contribution is 1.99. The summed E-state index contributed by atoms with van der Waals surface area (Å²) in [6.45, 7) is 16.5. The van der Waals surface area contributed by atoms with Gasteiger partial charge in [0.05, 0.1) is 6.10 Å². The Labute approximate surface area is 114 Å². The van der Waals surface area contributed by atoms with Crippen LogP contribution in [-0.2, 0) is 4.74 Å². The van der Waals surface area contributed by atoms with Crippen LogP contribution in [0.15, 0.2) is 0 Å². The predicted molar refractivity (Wildman–Crippen MR) is 80.2 cm³/mol. The fourth-order valence-electron chi connectivity index (χ4n) is 1.88. The summed E-state index contributed by atoms with van der Waals surface area (Å²) in [6, 6.07) is 0.605. The van der Waals surface area contributed by atoms with Crippen molar-refractivity contribution in [2.45, 2.75) is 66.0 Å². The number of unbranched alkanes of at least 4 members (excludes halogenated alkanes) is 1. The number of hydrogen-bond donors (Lipinski definition) is 1. The van der Waals surface area contributed by atoms with Gasteiger partial charge in [-0.15, -0.1) is 0 Å². The molecule has 0 aliphatic heterocycles. The van der Waals surface area contributed by atoms with Crippen molar-refractivity contribution >= 4 is 0 Å². The van der Waals surface area contributed by atoms with Crippen molar-refractivity contribution in [1.29, 1.82) is 0 Å². The van der Waals surface area contributed by atoms with Crippen molar-refractivity contribution in [3.05, 3.63) is 0 Å². The summed E-state index contributed by atoms with van der Waals surface area (Å²) < 4.78 is 5.55. The third-order valence-corrected chi connectivity index (χ3v) is 2.97. The van der Waals surface area contributed by atoms with Gasteiger partial charge in [0.1, 0.15) is 0 Å². The summed E-state index contributed by atoms with van der Waals surface area (Å²) in [5.74, 6) is 0. The summed E-state index contributed by atoms with van der Waals surface area (Å²) in [6.07, 6.45) is 4.04. The highest BCUT2D eigenvalue weighted by molar-refractivity contribution is 4.59. The molecule has 0 saturated carbocycles. The quantitative estimate of drug-likeness (QED) is 0.545. The second-order valence-electron chi connectivity index (χ2n) is 5.52. The number of hydrogen-bond acceptors (Lipinski definition) is 3. The molecule has 0 rings (SSSR count). The minimum Gasteiger partial charge on any atom is -0.379 e. The average Bonchev–Trinajstić information content (AvgIpc) is 2.30. The molecule has 0 aromatic heterocycles. The van der Waals surface area contributed by atoms with Crippen LogP contribution in [0.2, 0.25) is 0 Å². The summed E-state index contributed by atoms with van der Waals surface area (Å²) in [5, 5.41) is 3.47. The van der Waals surface area contributed by atoms with Gasteiger partial charge in [-0.2, -0.15) is 0 Å². The molecule has 0 bridgehead atoms. The molecule has 0 aromatic carbocycles. The van der Waals surface area contributed by atoms with Crippen LogP contribution in [0.5, 0.6) is 0 Å². The third-order valence-electron chi connectivity index (χ3n) is 2.97.